The van der Waals surface area contributed by atoms with E-state index < -0.39 is 0 Å². The third-order valence-electron chi connectivity index (χ3n) is 11.8. The van der Waals surface area contributed by atoms with Crippen LogP contribution in [0.25, 0.3) is 76.9 Å². The first kappa shape index (κ1) is 31.6. The molecule has 1 heterocycles. The van der Waals surface area contributed by atoms with E-state index in [9.17, 15) is 0 Å². The third kappa shape index (κ3) is 4.81. The Balaban J connectivity index is 1.16. The van der Waals surface area contributed by atoms with E-state index in [-0.39, 0.29) is 5.41 Å². The normalized spacial score (nSPS) is 13.1. The lowest BCUT2D eigenvalue weighted by atomic mass is 9.80. The fourth-order valence-electron chi connectivity index (χ4n) is 9.25. The van der Waals surface area contributed by atoms with Gasteiger partial charge in [0.1, 0.15) is 11.2 Å². The molecule has 0 bridgehead atoms. The summed E-state index contributed by atoms with van der Waals surface area (Å²) in [6, 6.07) is 68.4. The molecule has 2 nitrogen and oxygen atoms in total. The van der Waals surface area contributed by atoms with Gasteiger partial charge in [-0.15, -0.1) is 0 Å². The lowest BCUT2D eigenvalue weighted by Crippen LogP contribution is -2.20. The summed E-state index contributed by atoms with van der Waals surface area (Å²) in [7, 11) is 0. The van der Waals surface area contributed by atoms with Crippen molar-refractivity contribution in [2.45, 2.75) is 19.3 Å². The molecule has 11 rings (SSSR count). The quantitative estimate of drug-likeness (QED) is 0.166. The van der Waals surface area contributed by atoms with Gasteiger partial charge in [0.05, 0.1) is 5.69 Å². The number of para-hydroxylation sites is 2. The van der Waals surface area contributed by atoms with Crippen molar-refractivity contribution >= 4 is 60.5 Å². The molecule has 1 aliphatic rings. The Labute approximate surface area is 320 Å². The maximum atomic E-state index is 6.47. The molecule has 260 valence electrons. The molecule has 0 fully saturated rings. The van der Waals surface area contributed by atoms with Crippen LogP contribution in [0.15, 0.2) is 192 Å². The SMILES string of the molecule is CC1(C)c2ccccc2-c2c(-c3ccccc3)ccc(N(c3ccc(-c4cccc5c4oc4ccccc45)cc3)c3ccc4ccc5ccccc5c4c3)c21. The van der Waals surface area contributed by atoms with Crippen molar-refractivity contribution in [2.24, 2.45) is 0 Å². The highest BCUT2D eigenvalue weighted by molar-refractivity contribution is 6.11. The van der Waals surface area contributed by atoms with Crippen molar-refractivity contribution in [3.63, 3.8) is 0 Å². The smallest absolute Gasteiger partial charge is 0.143 e. The van der Waals surface area contributed by atoms with Crippen molar-refractivity contribution in [1.29, 1.82) is 0 Å². The summed E-state index contributed by atoms with van der Waals surface area (Å²) in [4.78, 5) is 2.48. The van der Waals surface area contributed by atoms with E-state index in [1.807, 2.05) is 12.1 Å². The third-order valence-corrected chi connectivity index (χ3v) is 11.8. The molecule has 0 radical (unpaired) electrons. The highest BCUT2D eigenvalue weighted by Crippen LogP contribution is 2.57. The number of rotatable bonds is 5. The predicted octanol–water partition coefficient (Wildman–Crippen LogP) is 15.0. The second-order valence-corrected chi connectivity index (χ2v) is 15.3. The number of benzene rings is 9. The van der Waals surface area contributed by atoms with E-state index in [0.29, 0.717) is 0 Å². The Morgan fingerprint density at radius 2 is 1.07 bits per heavy atom. The molecule has 1 aliphatic carbocycles. The number of fused-ring (bicyclic) bond motifs is 9. The van der Waals surface area contributed by atoms with E-state index in [1.165, 1.54) is 60.6 Å². The van der Waals surface area contributed by atoms with Crippen LogP contribution in [0.3, 0.4) is 0 Å². The molecular formula is C53H37NO. The first-order valence-corrected chi connectivity index (χ1v) is 19.1. The molecule has 0 aliphatic heterocycles. The minimum Gasteiger partial charge on any atom is -0.455 e. The molecule has 0 spiro atoms. The Hall–Kier alpha value is -6.90. The van der Waals surface area contributed by atoms with Gasteiger partial charge < -0.3 is 9.32 Å². The van der Waals surface area contributed by atoms with Crippen LogP contribution in [0.1, 0.15) is 25.0 Å². The number of furan rings is 1. The van der Waals surface area contributed by atoms with E-state index in [2.05, 4.69) is 195 Å². The van der Waals surface area contributed by atoms with Crippen LogP contribution < -0.4 is 4.90 Å². The fraction of sp³-hybridized carbons (Fsp3) is 0.0566. The summed E-state index contributed by atoms with van der Waals surface area (Å²) < 4.78 is 6.47. The monoisotopic (exact) mass is 703 g/mol. The molecule has 0 unspecified atom stereocenters. The van der Waals surface area contributed by atoms with Gasteiger partial charge in [-0.05, 0) is 96.9 Å². The van der Waals surface area contributed by atoms with Crippen LogP contribution in [-0.2, 0) is 5.41 Å². The molecule has 0 N–H and O–H groups in total. The minimum atomic E-state index is -0.245. The first-order chi connectivity index (χ1) is 27.0. The highest BCUT2D eigenvalue weighted by atomic mass is 16.3. The number of hydrogen-bond donors (Lipinski definition) is 0. The first-order valence-electron chi connectivity index (χ1n) is 19.1. The second-order valence-electron chi connectivity index (χ2n) is 15.3. The van der Waals surface area contributed by atoms with Gasteiger partial charge in [0.25, 0.3) is 0 Å². The lowest BCUT2D eigenvalue weighted by Gasteiger charge is -2.33. The minimum absolute atomic E-state index is 0.245. The topological polar surface area (TPSA) is 16.4 Å². The van der Waals surface area contributed by atoms with Crippen LogP contribution in [0.4, 0.5) is 17.1 Å². The number of nitrogens with zero attached hydrogens (tertiary/aromatic N) is 1. The summed E-state index contributed by atoms with van der Waals surface area (Å²) in [5.74, 6) is 0. The van der Waals surface area contributed by atoms with Crippen molar-refractivity contribution in [1.82, 2.24) is 0 Å². The number of hydrogen-bond acceptors (Lipinski definition) is 2. The van der Waals surface area contributed by atoms with Crippen molar-refractivity contribution in [3.05, 3.63) is 199 Å². The fourth-order valence-corrected chi connectivity index (χ4v) is 9.25. The average molecular weight is 704 g/mol. The molecule has 0 atom stereocenters. The molecule has 10 aromatic rings. The Morgan fingerprint density at radius 3 is 1.93 bits per heavy atom. The van der Waals surface area contributed by atoms with Gasteiger partial charge in [-0.1, -0.05) is 166 Å². The van der Waals surface area contributed by atoms with Gasteiger partial charge in [-0.2, -0.15) is 0 Å². The Kier molecular flexibility index (Phi) is 6.93. The van der Waals surface area contributed by atoms with Crippen molar-refractivity contribution in [3.8, 4) is 33.4 Å². The summed E-state index contributed by atoms with van der Waals surface area (Å²) in [6.45, 7) is 4.78. The molecule has 1 aromatic heterocycles. The van der Waals surface area contributed by atoms with E-state index in [0.717, 1.165) is 44.4 Å². The molecule has 55 heavy (non-hydrogen) atoms. The largest absolute Gasteiger partial charge is 0.455 e. The number of anilines is 3. The molecule has 9 aromatic carbocycles. The summed E-state index contributed by atoms with van der Waals surface area (Å²) in [5, 5.41) is 7.25. The summed E-state index contributed by atoms with van der Waals surface area (Å²) in [5.41, 5.74) is 15.0. The average Bonchev–Trinajstić information content (AvgIpc) is 3.74. The van der Waals surface area contributed by atoms with Gasteiger partial charge in [-0.3, -0.25) is 0 Å². The van der Waals surface area contributed by atoms with E-state index >= 15 is 0 Å². The highest BCUT2D eigenvalue weighted by Gasteiger charge is 2.40. The van der Waals surface area contributed by atoms with E-state index in [4.69, 9.17) is 4.42 Å². The zero-order valence-electron chi connectivity index (χ0n) is 30.8. The lowest BCUT2D eigenvalue weighted by molar-refractivity contribution is 0.661. The summed E-state index contributed by atoms with van der Waals surface area (Å²) in [6.07, 6.45) is 0. The standard InChI is InChI=1S/C53H37NO/c1-53(2)47-21-10-8-18-45(47)50-41(34-13-4-3-5-14-34)31-32-48(51(50)53)54(39-30-27-37-24-23-35-15-6-7-16-40(35)46(37)33-39)38-28-25-36(26-29-38)42-19-12-20-44-43-17-9-11-22-49(43)55-52(42)44/h3-33H,1-2H3. The maximum Gasteiger partial charge on any atom is 0.143 e. The zero-order valence-corrected chi connectivity index (χ0v) is 30.8. The van der Waals surface area contributed by atoms with E-state index in [1.54, 1.807) is 0 Å². The zero-order chi connectivity index (χ0) is 36.7. The molecule has 0 saturated carbocycles. The second kappa shape index (κ2) is 12.1. The molecular weight excluding hydrogens is 667 g/mol. The van der Waals surface area contributed by atoms with Gasteiger partial charge in [0.15, 0.2) is 0 Å². The van der Waals surface area contributed by atoms with Crippen LogP contribution in [-0.4, -0.2) is 0 Å². The van der Waals surface area contributed by atoms with Gasteiger partial charge in [0, 0.05) is 33.1 Å². The Bertz CT molecular complexity index is 3110. The van der Waals surface area contributed by atoms with Crippen LogP contribution in [0.2, 0.25) is 0 Å². The van der Waals surface area contributed by atoms with Gasteiger partial charge >= 0.3 is 0 Å². The maximum absolute atomic E-state index is 6.47. The Morgan fingerprint density at radius 1 is 0.436 bits per heavy atom. The molecule has 0 saturated heterocycles. The van der Waals surface area contributed by atoms with Crippen molar-refractivity contribution < 1.29 is 4.42 Å². The van der Waals surface area contributed by atoms with Crippen LogP contribution in [0, 0.1) is 0 Å². The summed E-state index contributed by atoms with van der Waals surface area (Å²) >= 11 is 0. The van der Waals surface area contributed by atoms with Crippen molar-refractivity contribution in [2.75, 3.05) is 4.90 Å². The molecule has 2 heteroatoms. The van der Waals surface area contributed by atoms with Crippen LogP contribution in [0.5, 0.6) is 0 Å². The van der Waals surface area contributed by atoms with Gasteiger partial charge in [0.2, 0.25) is 0 Å². The predicted molar refractivity (Wildman–Crippen MR) is 232 cm³/mol. The van der Waals surface area contributed by atoms with Gasteiger partial charge in [-0.25, -0.2) is 0 Å². The van der Waals surface area contributed by atoms with Crippen LogP contribution >= 0.6 is 0 Å². The molecule has 0 amide bonds.